The lowest BCUT2D eigenvalue weighted by atomic mass is 10.0. The van der Waals surface area contributed by atoms with Crippen molar-refractivity contribution in [2.24, 2.45) is 0 Å². The second kappa shape index (κ2) is 64.9. The third-order valence-corrected chi connectivity index (χ3v) is 14.1. The molecule has 0 bridgehead atoms. The smallest absolute Gasteiger partial charge is 0.306 e. The van der Waals surface area contributed by atoms with Crippen LogP contribution < -0.4 is 0 Å². The Labute approximate surface area is 477 Å². The van der Waals surface area contributed by atoms with Crippen LogP contribution in [0.5, 0.6) is 0 Å². The lowest BCUT2D eigenvalue weighted by Gasteiger charge is -2.18. The summed E-state index contributed by atoms with van der Waals surface area (Å²) in [7, 11) is 0. The van der Waals surface area contributed by atoms with Crippen molar-refractivity contribution < 1.29 is 28.6 Å². The molecule has 0 aliphatic carbocycles. The molecule has 6 nitrogen and oxygen atoms in total. The molecule has 6 heteroatoms. The van der Waals surface area contributed by atoms with Crippen molar-refractivity contribution in [1.29, 1.82) is 0 Å². The maximum absolute atomic E-state index is 12.9. The molecule has 0 saturated carbocycles. The van der Waals surface area contributed by atoms with Gasteiger partial charge in [-0.15, -0.1) is 0 Å². The fraction of sp³-hybridized carbons (Fsp3) is 0.732. The van der Waals surface area contributed by atoms with E-state index in [2.05, 4.69) is 118 Å². The van der Waals surface area contributed by atoms with Gasteiger partial charge in [-0.1, -0.05) is 298 Å². The molecule has 0 heterocycles. The van der Waals surface area contributed by atoms with E-state index in [4.69, 9.17) is 14.2 Å². The van der Waals surface area contributed by atoms with Gasteiger partial charge in [0.05, 0.1) is 0 Å². The third kappa shape index (κ3) is 63.0. The number of carbonyl (C=O) groups is 3. The van der Waals surface area contributed by atoms with E-state index in [1.54, 1.807) is 0 Å². The molecular formula is C71H122O6. The van der Waals surface area contributed by atoms with Crippen LogP contribution in [-0.4, -0.2) is 37.2 Å². The van der Waals surface area contributed by atoms with Crippen molar-refractivity contribution in [1.82, 2.24) is 0 Å². The van der Waals surface area contributed by atoms with Gasteiger partial charge in [-0.2, -0.15) is 0 Å². The molecule has 0 spiro atoms. The van der Waals surface area contributed by atoms with Gasteiger partial charge in [0.15, 0.2) is 6.10 Å². The van der Waals surface area contributed by atoms with E-state index in [0.717, 1.165) is 135 Å². The largest absolute Gasteiger partial charge is 0.462 e. The highest BCUT2D eigenvalue weighted by Gasteiger charge is 2.19. The van der Waals surface area contributed by atoms with Crippen LogP contribution in [0, 0.1) is 0 Å². The van der Waals surface area contributed by atoms with Crippen LogP contribution in [0.15, 0.2) is 97.2 Å². The van der Waals surface area contributed by atoms with Gasteiger partial charge in [0.2, 0.25) is 0 Å². The molecule has 0 aliphatic heterocycles. The highest BCUT2D eigenvalue weighted by Crippen LogP contribution is 2.17. The van der Waals surface area contributed by atoms with Crippen LogP contribution in [0.4, 0.5) is 0 Å². The van der Waals surface area contributed by atoms with E-state index in [9.17, 15) is 14.4 Å². The standard InChI is InChI=1S/C71H122O6/c1-4-7-10-13-16-19-22-25-28-31-32-33-34-35-36-37-38-41-43-46-49-52-55-58-61-64-70(73)76-67-68(77-71(74)65-62-59-56-53-50-47-44-40-30-27-24-21-18-15-12-9-6-3)66-75-69(72)63-60-57-54-51-48-45-42-39-29-26-23-20-17-14-11-8-5-2/h8-9,11-12,17-18,20-21,26-27,29-30,42,44-45,47,68H,4-7,10,13-16,19,22-25,28,31-41,43,46,48-67H2,1-3H3/b11-8-,12-9-,20-17-,21-18-,29-26-,30-27-,45-42-,47-44-. The number of esters is 3. The summed E-state index contributed by atoms with van der Waals surface area (Å²) in [6, 6.07) is 0. The van der Waals surface area contributed by atoms with Crippen molar-refractivity contribution >= 4 is 17.9 Å². The van der Waals surface area contributed by atoms with Crippen LogP contribution in [0.3, 0.4) is 0 Å². The minimum atomic E-state index is -0.802. The van der Waals surface area contributed by atoms with Gasteiger partial charge in [0.25, 0.3) is 0 Å². The van der Waals surface area contributed by atoms with Gasteiger partial charge < -0.3 is 14.2 Å². The number of hydrogen-bond acceptors (Lipinski definition) is 6. The van der Waals surface area contributed by atoms with Gasteiger partial charge in [-0.3, -0.25) is 14.4 Å². The average Bonchev–Trinajstić information content (AvgIpc) is 3.43. The monoisotopic (exact) mass is 1070 g/mol. The molecule has 442 valence electrons. The van der Waals surface area contributed by atoms with Crippen LogP contribution in [0.1, 0.15) is 316 Å². The fourth-order valence-electron chi connectivity index (χ4n) is 9.25. The zero-order chi connectivity index (χ0) is 55.7. The number of unbranched alkanes of at least 4 members (excludes halogenated alkanes) is 32. The van der Waals surface area contributed by atoms with Gasteiger partial charge in [-0.05, 0) is 96.3 Å². The second-order valence-corrected chi connectivity index (χ2v) is 21.6. The summed E-state index contributed by atoms with van der Waals surface area (Å²) in [5, 5.41) is 0. The Kier molecular flexibility index (Phi) is 61.8. The van der Waals surface area contributed by atoms with Crippen molar-refractivity contribution in [3.05, 3.63) is 97.2 Å². The minimum absolute atomic E-state index is 0.0938. The molecule has 0 fully saturated rings. The van der Waals surface area contributed by atoms with E-state index in [1.807, 2.05) is 0 Å². The number of carbonyl (C=O) groups excluding carboxylic acids is 3. The van der Waals surface area contributed by atoms with Crippen LogP contribution in [0.25, 0.3) is 0 Å². The lowest BCUT2D eigenvalue weighted by molar-refractivity contribution is -0.167. The molecule has 1 unspecified atom stereocenters. The predicted octanol–water partition coefficient (Wildman–Crippen LogP) is 22.4. The summed E-state index contributed by atoms with van der Waals surface area (Å²) < 4.78 is 16.9. The van der Waals surface area contributed by atoms with Crippen molar-refractivity contribution in [3.63, 3.8) is 0 Å². The molecule has 0 aliphatic rings. The first kappa shape index (κ1) is 73.3. The molecule has 0 saturated heterocycles. The Bertz CT molecular complexity index is 1510. The fourth-order valence-corrected chi connectivity index (χ4v) is 9.25. The van der Waals surface area contributed by atoms with Crippen LogP contribution in [0.2, 0.25) is 0 Å². The van der Waals surface area contributed by atoms with Crippen LogP contribution in [-0.2, 0) is 28.6 Å². The summed E-state index contributed by atoms with van der Waals surface area (Å²) in [4.78, 5) is 38.3. The summed E-state index contributed by atoms with van der Waals surface area (Å²) in [5.74, 6) is -0.931. The topological polar surface area (TPSA) is 78.9 Å². The molecular weight excluding hydrogens is 949 g/mol. The van der Waals surface area contributed by atoms with E-state index in [0.29, 0.717) is 19.3 Å². The van der Waals surface area contributed by atoms with Gasteiger partial charge >= 0.3 is 17.9 Å². The Morgan fingerprint density at radius 1 is 0.273 bits per heavy atom. The first-order valence-corrected chi connectivity index (χ1v) is 32.7. The molecule has 0 N–H and O–H groups in total. The Hall–Kier alpha value is -3.67. The Morgan fingerprint density at radius 3 is 0.792 bits per heavy atom. The predicted molar refractivity (Wildman–Crippen MR) is 334 cm³/mol. The summed E-state index contributed by atoms with van der Waals surface area (Å²) in [6.07, 6.45) is 87.1. The first-order valence-electron chi connectivity index (χ1n) is 32.7. The summed E-state index contributed by atoms with van der Waals surface area (Å²) in [6.45, 7) is 6.41. The molecule has 0 aromatic heterocycles. The SMILES string of the molecule is CC/C=C\C/C=C\C/C=C\C/C=C\CCCCCCC(=O)OCC(COC(=O)CCCCCCCCCCCCCCCCCCCCCCCCCCC)OC(=O)CCCCCC/C=C\C/C=C\C/C=C\C/C=C\CC. The van der Waals surface area contributed by atoms with E-state index >= 15 is 0 Å². The zero-order valence-corrected chi connectivity index (χ0v) is 50.7. The van der Waals surface area contributed by atoms with Crippen molar-refractivity contribution in [2.75, 3.05) is 13.2 Å². The summed E-state index contributed by atoms with van der Waals surface area (Å²) >= 11 is 0. The molecule has 0 amide bonds. The number of rotatable bonds is 59. The molecule has 0 rings (SSSR count). The third-order valence-electron chi connectivity index (χ3n) is 14.1. The van der Waals surface area contributed by atoms with Crippen LogP contribution >= 0.6 is 0 Å². The van der Waals surface area contributed by atoms with Gasteiger partial charge in [-0.25, -0.2) is 0 Å². The van der Waals surface area contributed by atoms with E-state index in [1.165, 1.54) is 141 Å². The normalized spacial score (nSPS) is 12.7. The Balaban J connectivity index is 4.36. The van der Waals surface area contributed by atoms with Crippen molar-refractivity contribution in [3.8, 4) is 0 Å². The number of allylic oxidation sites excluding steroid dienone is 16. The molecule has 0 aromatic carbocycles. The number of hydrogen-bond donors (Lipinski definition) is 0. The number of ether oxygens (including phenoxy) is 3. The van der Waals surface area contributed by atoms with Crippen molar-refractivity contribution in [2.45, 2.75) is 322 Å². The maximum Gasteiger partial charge on any atom is 0.306 e. The van der Waals surface area contributed by atoms with E-state index in [-0.39, 0.29) is 31.1 Å². The average molecular weight is 1070 g/mol. The second-order valence-electron chi connectivity index (χ2n) is 21.6. The molecule has 0 aromatic rings. The van der Waals surface area contributed by atoms with E-state index < -0.39 is 6.10 Å². The molecule has 0 radical (unpaired) electrons. The van der Waals surface area contributed by atoms with Gasteiger partial charge in [0, 0.05) is 19.3 Å². The Morgan fingerprint density at radius 2 is 0.506 bits per heavy atom. The highest BCUT2D eigenvalue weighted by molar-refractivity contribution is 5.71. The minimum Gasteiger partial charge on any atom is -0.462 e. The zero-order valence-electron chi connectivity index (χ0n) is 50.7. The lowest BCUT2D eigenvalue weighted by Crippen LogP contribution is -2.30. The first-order chi connectivity index (χ1) is 38.0. The molecule has 77 heavy (non-hydrogen) atoms. The quantitative estimate of drug-likeness (QED) is 0.0261. The maximum atomic E-state index is 12.9. The summed E-state index contributed by atoms with van der Waals surface area (Å²) in [5.41, 5.74) is 0. The highest BCUT2D eigenvalue weighted by atomic mass is 16.6. The van der Waals surface area contributed by atoms with Gasteiger partial charge in [0.1, 0.15) is 13.2 Å². The molecule has 1 atom stereocenters.